The van der Waals surface area contributed by atoms with Gasteiger partial charge in [0.15, 0.2) is 0 Å². The van der Waals surface area contributed by atoms with Crippen LogP contribution in [0.15, 0.2) is 0 Å². The molecule has 106 valence electrons. The molecular weight excluding hydrogens is 220 g/mol. The molecule has 0 aromatic rings. The molecule has 0 aromatic heterocycles. The maximum Gasteiger partial charge on any atom is 0.00698 e. The van der Waals surface area contributed by atoms with Crippen molar-refractivity contribution < 1.29 is 0 Å². The zero-order valence-corrected chi connectivity index (χ0v) is 12.5. The van der Waals surface area contributed by atoms with Gasteiger partial charge in [-0.1, -0.05) is 20.3 Å². The minimum absolute atomic E-state index is 0.830. The smallest absolute Gasteiger partial charge is 0.00698 e. The van der Waals surface area contributed by atoms with Crippen LogP contribution in [0.5, 0.6) is 0 Å². The van der Waals surface area contributed by atoms with E-state index in [9.17, 15) is 0 Å². The molecule has 1 saturated heterocycles. The Morgan fingerprint density at radius 1 is 1.11 bits per heavy atom. The fraction of sp³-hybridized carbons (Fsp3) is 1.00. The summed E-state index contributed by atoms with van der Waals surface area (Å²) in [4.78, 5) is 2.66. The molecule has 2 nitrogen and oxygen atoms in total. The molecule has 2 unspecified atom stereocenters. The van der Waals surface area contributed by atoms with Gasteiger partial charge < -0.3 is 10.2 Å². The highest BCUT2D eigenvalue weighted by atomic mass is 15.1. The van der Waals surface area contributed by atoms with Crippen LogP contribution in [0.2, 0.25) is 0 Å². The lowest BCUT2D eigenvalue weighted by Crippen LogP contribution is -2.36. The number of nitrogens with one attached hydrogen (secondary N) is 1. The van der Waals surface area contributed by atoms with E-state index in [1.54, 1.807) is 0 Å². The summed E-state index contributed by atoms with van der Waals surface area (Å²) < 4.78 is 0. The Hall–Kier alpha value is -0.0800. The number of piperidine rings is 1. The topological polar surface area (TPSA) is 15.3 Å². The fourth-order valence-corrected chi connectivity index (χ4v) is 3.53. The van der Waals surface area contributed by atoms with Crippen molar-refractivity contribution in [3.8, 4) is 0 Å². The quantitative estimate of drug-likeness (QED) is 0.730. The molecular formula is C16H32N2. The van der Waals surface area contributed by atoms with Crippen LogP contribution in [0.3, 0.4) is 0 Å². The van der Waals surface area contributed by atoms with Crippen LogP contribution in [0.25, 0.3) is 0 Å². The number of likely N-dealkylation sites (tertiary alicyclic amines) is 1. The Morgan fingerprint density at radius 2 is 1.89 bits per heavy atom. The van der Waals surface area contributed by atoms with Crippen molar-refractivity contribution in [1.29, 1.82) is 0 Å². The average Bonchev–Trinajstić information content (AvgIpc) is 2.85. The molecule has 2 heteroatoms. The molecule has 0 spiro atoms. The minimum Gasteiger partial charge on any atom is -0.314 e. The van der Waals surface area contributed by atoms with Gasteiger partial charge in [-0.2, -0.15) is 0 Å². The maximum atomic E-state index is 3.77. The van der Waals surface area contributed by atoms with Gasteiger partial charge in [0.25, 0.3) is 0 Å². The van der Waals surface area contributed by atoms with Gasteiger partial charge in [-0.3, -0.25) is 0 Å². The zero-order valence-electron chi connectivity index (χ0n) is 12.5. The molecule has 0 radical (unpaired) electrons. The van der Waals surface area contributed by atoms with Crippen molar-refractivity contribution in [2.75, 3.05) is 26.2 Å². The number of rotatable bonds is 6. The SMILES string of the molecule is CCC1CCC(NCCCN2CCC(C)CC2)C1. The number of hydrogen-bond donors (Lipinski definition) is 1. The van der Waals surface area contributed by atoms with Crippen molar-refractivity contribution in [1.82, 2.24) is 10.2 Å². The van der Waals surface area contributed by atoms with Gasteiger partial charge in [0.05, 0.1) is 0 Å². The van der Waals surface area contributed by atoms with E-state index in [4.69, 9.17) is 0 Å². The summed E-state index contributed by atoms with van der Waals surface area (Å²) in [5, 5.41) is 3.77. The summed E-state index contributed by atoms with van der Waals surface area (Å²) in [5.74, 6) is 1.97. The summed E-state index contributed by atoms with van der Waals surface area (Å²) in [6.45, 7) is 9.94. The minimum atomic E-state index is 0.830. The van der Waals surface area contributed by atoms with Crippen molar-refractivity contribution in [2.24, 2.45) is 11.8 Å². The molecule has 1 aliphatic heterocycles. The van der Waals surface area contributed by atoms with Crippen LogP contribution < -0.4 is 5.32 Å². The Labute approximate surface area is 114 Å². The Bertz CT molecular complexity index is 217. The number of nitrogens with zero attached hydrogens (tertiary/aromatic N) is 1. The average molecular weight is 252 g/mol. The molecule has 2 fully saturated rings. The van der Waals surface area contributed by atoms with E-state index >= 15 is 0 Å². The second kappa shape index (κ2) is 7.49. The molecule has 1 heterocycles. The third-order valence-corrected chi connectivity index (χ3v) is 5.08. The molecule has 2 aliphatic rings. The highest BCUT2D eigenvalue weighted by Gasteiger charge is 2.22. The van der Waals surface area contributed by atoms with Crippen LogP contribution >= 0.6 is 0 Å². The molecule has 0 amide bonds. The molecule has 0 bridgehead atoms. The van der Waals surface area contributed by atoms with Crippen LogP contribution in [-0.2, 0) is 0 Å². The lowest BCUT2D eigenvalue weighted by atomic mass is 9.99. The van der Waals surface area contributed by atoms with Gasteiger partial charge in [0, 0.05) is 6.04 Å². The van der Waals surface area contributed by atoms with Gasteiger partial charge in [0.2, 0.25) is 0 Å². The first-order valence-corrected chi connectivity index (χ1v) is 8.23. The largest absolute Gasteiger partial charge is 0.314 e. The van der Waals surface area contributed by atoms with Crippen molar-refractivity contribution >= 4 is 0 Å². The third-order valence-electron chi connectivity index (χ3n) is 5.08. The van der Waals surface area contributed by atoms with E-state index in [0.717, 1.165) is 17.9 Å². The lowest BCUT2D eigenvalue weighted by molar-refractivity contribution is 0.190. The van der Waals surface area contributed by atoms with Gasteiger partial charge in [-0.05, 0) is 76.5 Å². The molecule has 1 N–H and O–H groups in total. The van der Waals surface area contributed by atoms with Crippen molar-refractivity contribution in [3.05, 3.63) is 0 Å². The summed E-state index contributed by atoms with van der Waals surface area (Å²) in [5.41, 5.74) is 0. The standard InChI is InChI=1S/C16H32N2/c1-3-15-5-6-16(13-15)17-9-4-10-18-11-7-14(2)8-12-18/h14-17H,3-13H2,1-2H3. The molecule has 18 heavy (non-hydrogen) atoms. The third kappa shape index (κ3) is 4.55. The maximum absolute atomic E-state index is 3.77. The van der Waals surface area contributed by atoms with Crippen LogP contribution in [-0.4, -0.2) is 37.1 Å². The van der Waals surface area contributed by atoms with E-state index in [-0.39, 0.29) is 0 Å². The Morgan fingerprint density at radius 3 is 2.56 bits per heavy atom. The van der Waals surface area contributed by atoms with Crippen LogP contribution in [0.4, 0.5) is 0 Å². The fourth-order valence-electron chi connectivity index (χ4n) is 3.53. The highest BCUT2D eigenvalue weighted by Crippen LogP contribution is 2.27. The van der Waals surface area contributed by atoms with Gasteiger partial charge in [-0.15, -0.1) is 0 Å². The predicted molar refractivity (Wildman–Crippen MR) is 78.9 cm³/mol. The van der Waals surface area contributed by atoms with Gasteiger partial charge in [-0.25, -0.2) is 0 Å². The first-order chi connectivity index (χ1) is 8.78. The van der Waals surface area contributed by atoms with E-state index in [2.05, 4.69) is 24.1 Å². The molecule has 0 aromatic carbocycles. The summed E-state index contributed by atoms with van der Waals surface area (Å²) >= 11 is 0. The van der Waals surface area contributed by atoms with E-state index in [1.807, 2.05) is 0 Å². The predicted octanol–water partition coefficient (Wildman–Crippen LogP) is 3.28. The van der Waals surface area contributed by atoms with E-state index in [1.165, 1.54) is 71.1 Å². The summed E-state index contributed by atoms with van der Waals surface area (Å²) in [6, 6.07) is 0.830. The Kier molecular flexibility index (Phi) is 5.97. The molecule has 1 saturated carbocycles. The summed E-state index contributed by atoms with van der Waals surface area (Å²) in [7, 11) is 0. The van der Waals surface area contributed by atoms with Crippen LogP contribution in [0.1, 0.15) is 58.8 Å². The highest BCUT2D eigenvalue weighted by molar-refractivity contribution is 4.80. The second-order valence-corrected chi connectivity index (χ2v) is 6.62. The summed E-state index contributed by atoms with van der Waals surface area (Å²) in [6.07, 6.45) is 9.84. The first-order valence-electron chi connectivity index (χ1n) is 8.23. The Balaban J connectivity index is 1.49. The molecule has 2 rings (SSSR count). The monoisotopic (exact) mass is 252 g/mol. The van der Waals surface area contributed by atoms with Gasteiger partial charge >= 0.3 is 0 Å². The van der Waals surface area contributed by atoms with Crippen molar-refractivity contribution in [2.45, 2.75) is 64.8 Å². The first kappa shape index (κ1) is 14.3. The lowest BCUT2D eigenvalue weighted by Gasteiger charge is -2.30. The van der Waals surface area contributed by atoms with Gasteiger partial charge in [0.1, 0.15) is 0 Å². The van der Waals surface area contributed by atoms with Crippen molar-refractivity contribution in [3.63, 3.8) is 0 Å². The van der Waals surface area contributed by atoms with E-state index in [0.29, 0.717) is 0 Å². The number of hydrogen-bond acceptors (Lipinski definition) is 2. The molecule has 1 aliphatic carbocycles. The normalized spacial score (nSPS) is 31.0. The second-order valence-electron chi connectivity index (χ2n) is 6.62. The molecule has 2 atom stereocenters. The van der Waals surface area contributed by atoms with Crippen LogP contribution in [0, 0.1) is 11.8 Å². The van der Waals surface area contributed by atoms with E-state index < -0.39 is 0 Å². The zero-order chi connectivity index (χ0) is 12.8.